The van der Waals surface area contributed by atoms with Crippen LogP contribution in [0, 0.1) is 0 Å². The fourth-order valence-electron chi connectivity index (χ4n) is 9.88. The lowest BCUT2D eigenvalue weighted by Crippen LogP contribution is -2.47. The van der Waals surface area contributed by atoms with Crippen molar-refractivity contribution in [3.05, 3.63) is 97.2 Å². The highest BCUT2D eigenvalue weighted by molar-refractivity contribution is 7.47. The Morgan fingerprint density at radius 3 is 1.15 bits per heavy atom. The summed E-state index contributed by atoms with van der Waals surface area (Å²) < 4.78 is 30.8. The number of likely N-dealkylation sites (N-methyl/N-ethyl adjacent to an activating group) is 1. The van der Waals surface area contributed by atoms with Crippen LogP contribution in [0.3, 0.4) is 0 Å². The van der Waals surface area contributed by atoms with E-state index in [4.69, 9.17) is 13.8 Å². The van der Waals surface area contributed by atoms with E-state index >= 15 is 0 Å². The van der Waals surface area contributed by atoms with Crippen LogP contribution in [0.2, 0.25) is 0 Å². The van der Waals surface area contributed by atoms with Gasteiger partial charge < -0.3 is 19.4 Å². The highest BCUT2D eigenvalue weighted by Gasteiger charge is 2.30. The Labute approximate surface area is 519 Å². The number of esters is 1. The molecule has 0 aromatic carbocycles. The molecule has 0 aromatic heterocycles. The van der Waals surface area contributed by atoms with E-state index in [1.807, 2.05) is 33.3 Å². The fourth-order valence-corrected chi connectivity index (χ4v) is 10.6. The number of nitrogens with one attached hydrogen (secondary N) is 1. The Morgan fingerprint density at radius 2 is 0.762 bits per heavy atom. The predicted octanol–water partition coefficient (Wildman–Crippen LogP) is 22.3. The minimum atomic E-state index is -4.46. The molecule has 0 aromatic rings. The van der Waals surface area contributed by atoms with Gasteiger partial charge in [-0.3, -0.25) is 18.6 Å². The standard InChI is InChI=1S/C74H133N2O7P/c1-7-10-13-16-19-22-25-28-30-32-34-35-36-37-38-39-40-41-43-44-46-48-51-54-57-60-63-66-73(77)75-71(70-82-84(79,80)81-69-68-76(4,5)6)72(65-62-59-56-53-50-27-24-21-18-15-12-9-3)83-74(78)67-64-61-58-55-52-49-47-45-42-33-31-29-26-23-20-17-14-11-8-2/h10,13,19,22,28-31,34-35,37-38,40-41,62,65,71-72H,7-9,11-12,14-18,20-21,23-27,32-33,36,39,42-61,63-64,66-70H2,1-6H3,(H-,75,77,79,80)/p+1/b13-10-,22-19-,30-28-,31-29+,35-34-,38-37-,41-40-,65-62-. The summed E-state index contributed by atoms with van der Waals surface area (Å²) in [6, 6.07) is -0.859. The summed E-state index contributed by atoms with van der Waals surface area (Å²) in [6.07, 6.45) is 85.5. The van der Waals surface area contributed by atoms with E-state index in [1.54, 1.807) is 0 Å². The molecule has 0 bridgehead atoms. The number of carbonyl (C=O) groups excluding carboxylic acids is 2. The summed E-state index contributed by atoms with van der Waals surface area (Å²) in [5, 5.41) is 3.06. The normalized spacial score (nSPS) is 14.1. The molecule has 0 spiro atoms. The first kappa shape index (κ1) is 80.9. The van der Waals surface area contributed by atoms with Crippen molar-refractivity contribution >= 4 is 19.7 Å². The number of phosphoric ester groups is 1. The zero-order chi connectivity index (χ0) is 61.4. The summed E-state index contributed by atoms with van der Waals surface area (Å²) in [6.45, 7) is 6.91. The monoisotopic (exact) mass is 1190 g/mol. The molecule has 0 radical (unpaired) electrons. The molecule has 0 saturated carbocycles. The fraction of sp³-hybridized carbons (Fsp3) is 0.757. The molecule has 9 nitrogen and oxygen atoms in total. The van der Waals surface area contributed by atoms with Crippen molar-refractivity contribution in [2.75, 3.05) is 40.9 Å². The van der Waals surface area contributed by atoms with Crippen molar-refractivity contribution in [3.8, 4) is 0 Å². The highest BCUT2D eigenvalue weighted by Crippen LogP contribution is 2.43. The highest BCUT2D eigenvalue weighted by atomic mass is 31.2. The second kappa shape index (κ2) is 63.0. The first-order chi connectivity index (χ1) is 40.9. The van der Waals surface area contributed by atoms with E-state index in [0.29, 0.717) is 17.4 Å². The van der Waals surface area contributed by atoms with Crippen LogP contribution in [-0.2, 0) is 27.9 Å². The average molecular weight is 1190 g/mol. The van der Waals surface area contributed by atoms with Gasteiger partial charge in [0.25, 0.3) is 0 Å². The SMILES string of the molecule is CC/C=C\C/C=C\C/C=C\C/C=C\C/C=C\C/C=C\CCCCCCCCCCC(=O)NC(COP(=O)(O)OCC[N+](C)(C)C)C(/C=C\CCCCCCCCCCCC)OC(=O)CCCCCCCCCCC/C=C/CCCCCCCC. The van der Waals surface area contributed by atoms with Gasteiger partial charge in [0.2, 0.25) is 5.91 Å². The number of allylic oxidation sites excluding steroid dienone is 15. The molecule has 0 saturated heterocycles. The molecule has 3 atom stereocenters. The van der Waals surface area contributed by atoms with Gasteiger partial charge in [-0.2, -0.15) is 0 Å². The molecule has 0 rings (SSSR count). The number of ether oxygens (including phenoxy) is 1. The maximum absolute atomic E-state index is 13.6. The van der Waals surface area contributed by atoms with Gasteiger partial charge >= 0.3 is 13.8 Å². The summed E-state index contributed by atoms with van der Waals surface area (Å²) in [7, 11) is 1.48. The topological polar surface area (TPSA) is 111 Å². The molecule has 2 N–H and O–H groups in total. The molecule has 0 heterocycles. The van der Waals surface area contributed by atoms with Crippen molar-refractivity contribution in [2.24, 2.45) is 0 Å². The lowest BCUT2D eigenvalue weighted by molar-refractivity contribution is -0.870. The lowest BCUT2D eigenvalue weighted by Gasteiger charge is -2.27. The number of carbonyl (C=O) groups is 2. The second-order valence-corrected chi connectivity index (χ2v) is 26.1. The van der Waals surface area contributed by atoms with Crippen molar-refractivity contribution in [1.29, 1.82) is 0 Å². The van der Waals surface area contributed by atoms with Gasteiger partial charge in [0.05, 0.1) is 33.8 Å². The van der Waals surface area contributed by atoms with Gasteiger partial charge in [0.15, 0.2) is 0 Å². The molecule has 0 aliphatic carbocycles. The van der Waals surface area contributed by atoms with E-state index < -0.39 is 20.0 Å². The van der Waals surface area contributed by atoms with Gasteiger partial charge in [-0.15, -0.1) is 0 Å². The largest absolute Gasteiger partial charge is 0.472 e. The van der Waals surface area contributed by atoms with Gasteiger partial charge in [0.1, 0.15) is 19.3 Å². The third-order valence-electron chi connectivity index (χ3n) is 15.3. The lowest BCUT2D eigenvalue weighted by atomic mass is 10.0. The van der Waals surface area contributed by atoms with Gasteiger partial charge in [-0.05, 0) is 109 Å². The number of amides is 1. The Balaban J connectivity index is 5.10. The van der Waals surface area contributed by atoms with Crippen LogP contribution >= 0.6 is 7.82 Å². The summed E-state index contributed by atoms with van der Waals surface area (Å²) >= 11 is 0. The van der Waals surface area contributed by atoms with Crippen LogP contribution in [0.15, 0.2) is 97.2 Å². The van der Waals surface area contributed by atoms with Crippen LogP contribution in [0.4, 0.5) is 0 Å². The van der Waals surface area contributed by atoms with Crippen LogP contribution in [-0.4, -0.2) is 74.3 Å². The van der Waals surface area contributed by atoms with Gasteiger partial charge in [-0.25, -0.2) is 4.57 Å². The Hall–Kier alpha value is -3.07. The number of quaternary nitrogens is 1. The molecule has 3 unspecified atom stereocenters. The minimum absolute atomic E-state index is 0.0348. The number of unbranched alkanes of at least 4 members (excludes halogenated alkanes) is 33. The maximum Gasteiger partial charge on any atom is 0.472 e. The summed E-state index contributed by atoms with van der Waals surface area (Å²) in [5.41, 5.74) is 0. The smallest absolute Gasteiger partial charge is 0.456 e. The summed E-state index contributed by atoms with van der Waals surface area (Å²) in [4.78, 5) is 37.9. The molecule has 10 heteroatoms. The van der Waals surface area contributed by atoms with Crippen molar-refractivity contribution in [2.45, 2.75) is 322 Å². The second-order valence-electron chi connectivity index (χ2n) is 24.7. The van der Waals surface area contributed by atoms with Crippen molar-refractivity contribution < 1.29 is 37.3 Å². The van der Waals surface area contributed by atoms with Crippen LogP contribution in [0.5, 0.6) is 0 Å². The number of nitrogens with zero attached hydrogens (tertiary/aromatic N) is 1. The van der Waals surface area contributed by atoms with Crippen molar-refractivity contribution in [1.82, 2.24) is 5.32 Å². The Bertz CT molecular complexity index is 1760. The molecule has 486 valence electrons. The average Bonchev–Trinajstić information content (AvgIpc) is 3.64. The van der Waals surface area contributed by atoms with Gasteiger partial charge in [0, 0.05) is 12.8 Å². The van der Waals surface area contributed by atoms with Crippen LogP contribution in [0.1, 0.15) is 310 Å². The van der Waals surface area contributed by atoms with E-state index in [0.717, 1.165) is 109 Å². The molecule has 0 aliphatic heterocycles. The van der Waals surface area contributed by atoms with Crippen LogP contribution < -0.4 is 5.32 Å². The van der Waals surface area contributed by atoms with Crippen LogP contribution in [0.25, 0.3) is 0 Å². The van der Waals surface area contributed by atoms with Gasteiger partial charge in [-0.1, -0.05) is 285 Å². The Morgan fingerprint density at radius 1 is 0.429 bits per heavy atom. The quantitative estimate of drug-likeness (QED) is 0.0205. The summed E-state index contributed by atoms with van der Waals surface area (Å²) in [5.74, 6) is -0.513. The van der Waals surface area contributed by atoms with Crippen molar-refractivity contribution in [3.63, 3.8) is 0 Å². The number of hydrogen-bond donors (Lipinski definition) is 2. The minimum Gasteiger partial charge on any atom is -0.456 e. The molecule has 84 heavy (non-hydrogen) atoms. The van der Waals surface area contributed by atoms with E-state index in [1.165, 1.54) is 167 Å². The zero-order valence-electron chi connectivity index (χ0n) is 55.6. The number of hydrogen-bond acceptors (Lipinski definition) is 6. The molecular weight excluding hydrogens is 1060 g/mol. The Kier molecular flexibility index (Phi) is 60.7. The van der Waals surface area contributed by atoms with E-state index in [-0.39, 0.29) is 31.5 Å². The predicted molar refractivity (Wildman–Crippen MR) is 364 cm³/mol. The number of phosphoric acid groups is 1. The van der Waals surface area contributed by atoms with E-state index in [9.17, 15) is 19.0 Å². The molecular formula is C74H134N2O7P+. The number of rotatable bonds is 63. The third kappa shape index (κ3) is 63.4. The van der Waals surface area contributed by atoms with E-state index in [2.05, 4.69) is 111 Å². The third-order valence-corrected chi connectivity index (χ3v) is 16.2. The first-order valence-corrected chi connectivity index (χ1v) is 36.6. The zero-order valence-corrected chi connectivity index (χ0v) is 56.5. The molecule has 1 amide bonds. The molecule has 0 fully saturated rings. The molecule has 0 aliphatic rings. The maximum atomic E-state index is 13.6. The first-order valence-electron chi connectivity index (χ1n) is 35.1.